The number of nitrogens with zero attached hydrogens (tertiary/aromatic N) is 4. The van der Waals surface area contributed by atoms with Crippen LogP contribution in [-0.4, -0.2) is 60.7 Å². The Morgan fingerprint density at radius 3 is 2.47 bits per heavy atom. The van der Waals surface area contributed by atoms with Gasteiger partial charge in [0.1, 0.15) is 5.75 Å². The third-order valence-corrected chi connectivity index (χ3v) is 9.75. The monoisotopic (exact) mass is 550 g/mol. The number of thioether (sulfide) groups is 1. The predicted molar refractivity (Wildman–Crippen MR) is 151 cm³/mol. The molecule has 1 aliphatic heterocycles. The number of hydrogen-bond donors (Lipinski definition) is 0. The van der Waals surface area contributed by atoms with Crippen LogP contribution in [-0.2, 0) is 21.2 Å². The highest BCUT2D eigenvalue weighted by Crippen LogP contribution is 2.35. The molecule has 0 aliphatic carbocycles. The molecule has 0 spiro atoms. The Bertz CT molecular complexity index is 1600. The molecule has 0 fully saturated rings. The molecule has 8 nitrogen and oxygen atoms in total. The first kappa shape index (κ1) is 26.3. The lowest BCUT2D eigenvalue weighted by Gasteiger charge is -2.18. The highest BCUT2D eigenvalue weighted by Gasteiger charge is 2.27. The first-order valence-corrected chi connectivity index (χ1v) is 15.0. The average Bonchev–Trinajstić information content (AvgIpc) is 3.53. The topological polar surface area (TPSA) is 84.7 Å². The third-order valence-electron chi connectivity index (χ3n) is 6.78. The highest BCUT2D eigenvalue weighted by atomic mass is 32.2. The van der Waals surface area contributed by atoms with Crippen LogP contribution >= 0.6 is 11.8 Å². The third kappa shape index (κ3) is 4.68. The van der Waals surface area contributed by atoms with Gasteiger partial charge in [-0.1, -0.05) is 55.9 Å². The molecule has 0 bridgehead atoms. The van der Waals surface area contributed by atoms with E-state index >= 15 is 0 Å². The van der Waals surface area contributed by atoms with Gasteiger partial charge in [-0.2, -0.15) is 4.31 Å². The van der Waals surface area contributed by atoms with Crippen molar-refractivity contribution in [2.45, 2.75) is 30.3 Å². The summed E-state index contributed by atoms with van der Waals surface area (Å²) in [4.78, 5) is 20.1. The number of rotatable bonds is 9. The maximum absolute atomic E-state index is 13.3. The van der Waals surface area contributed by atoms with Crippen molar-refractivity contribution in [3.8, 4) is 11.4 Å². The molecule has 4 aromatic rings. The molecule has 198 valence electrons. The van der Waals surface area contributed by atoms with E-state index in [0.717, 1.165) is 23.3 Å². The predicted octanol–water partition coefficient (Wildman–Crippen LogP) is 4.75. The van der Waals surface area contributed by atoms with Crippen LogP contribution in [0.5, 0.6) is 5.75 Å². The molecule has 38 heavy (non-hydrogen) atoms. The molecule has 0 unspecified atom stereocenters. The number of carbonyl (C=O) groups excluding carboxylic acids is 1. The second-order valence-corrected chi connectivity index (χ2v) is 11.7. The number of ether oxygens (including phenoxy) is 1. The van der Waals surface area contributed by atoms with Crippen molar-refractivity contribution in [3.63, 3.8) is 0 Å². The van der Waals surface area contributed by atoms with Gasteiger partial charge in [-0.05, 0) is 48.4 Å². The van der Waals surface area contributed by atoms with Crippen LogP contribution in [0.3, 0.4) is 0 Å². The number of fused-ring (bicyclic) bond motifs is 2. The zero-order valence-corrected chi connectivity index (χ0v) is 23.3. The van der Waals surface area contributed by atoms with Crippen LogP contribution in [0.1, 0.15) is 19.4 Å². The molecule has 5 rings (SSSR count). The zero-order valence-electron chi connectivity index (χ0n) is 21.6. The number of hydrogen-bond acceptors (Lipinski definition) is 6. The first-order valence-electron chi connectivity index (χ1n) is 12.6. The number of sulfonamides is 1. The Morgan fingerprint density at radius 2 is 1.74 bits per heavy atom. The number of carbonyl (C=O) groups is 1. The summed E-state index contributed by atoms with van der Waals surface area (Å²) in [6.45, 7) is 5.07. The van der Waals surface area contributed by atoms with E-state index in [1.165, 1.54) is 21.6 Å². The van der Waals surface area contributed by atoms with Gasteiger partial charge in [0.15, 0.2) is 5.16 Å². The van der Waals surface area contributed by atoms with E-state index in [4.69, 9.17) is 9.72 Å². The maximum atomic E-state index is 13.3. The fourth-order valence-corrected chi connectivity index (χ4v) is 7.23. The van der Waals surface area contributed by atoms with Gasteiger partial charge in [0.05, 0.1) is 34.5 Å². The number of anilines is 1. The molecule has 0 N–H and O–H groups in total. The van der Waals surface area contributed by atoms with Crippen molar-refractivity contribution in [1.82, 2.24) is 13.9 Å². The van der Waals surface area contributed by atoms with Gasteiger partial charge in [-0.25, -0.2) is 13.4 Å². The Hall–Kier alpha value is -3.34. The number of aromatic nitrogens is 2. The molecule has 0 saturated heterocycles. The summed E-state index contributed by atoms with van der Waals surface area (Å²) >= 11 is 1.33. The Kier molecular flexibility index (Phi) is 7.47. The van der Waals surface area contributed by atoms with Crippen molar-refractivity contribution in [2.75, 3.05) is 37.4 Å². The Morgan fingerprint density at radius 1 is 1.03 bits per heavy atom. The minimum absolute atomic E-state index is 0.00313. The molecule has 1 aliphatic rings. The fraction of sp³-hybridized carbons (Fsp3) is 0.286. The summed E-state index contributed by atoms with van der Waals surface area (Å²) in [6.07, 6.45) is 0.843. The largest absolute Gasteiger partial charge is 0.495 e. The number of benzene rings is 3. The van der Waals surface area contributed by atoms with E-state index in [0.29, 0.717) is 36.1 Å². The van der Waals surface area contributed by atoms with Gasteiger partial charge >= 0.3 is 0 Å². The molecule has 1 aromatic heterocycles. The van der Waals surface area contributed by atoms with Crippen LogP contribution < -0.4 is 9.64 Å². The van der Waals surface area contributed by atoms with Crippen molar-refractivity contribution < 1.29 is 17.9 Å². The van der Waals surface area contributed by atoms with E-state index in [1.54, 1.807) is 25.3 Å². The number of amides is 1. The lowest BCUT2D eigenvalue weighted by atomic mass is 10.2. The van der Waals surface area contributed by atoms with Crippen LogP contribution in [0.25, 0.3) is 16.7 Å². The van der Waals surface area contributed by atoms with Crippen molar-refractivity contribution in [2.24, 2.45) is 0 Å². The maximum Gasteiger partial charge on any atom is 0.243 e. The second kappa shape index (κ2) is 10.8. The van der Waals surface area contributed by atoms with Crippen LogP contribution in [0.15, 0.2) is 76.8 Å². The summed E-state index contributed by atoms with van der Waals surface area (Å²) in [7, 11) is -2.04. The van der Waals surface area contributed by atoms with E-state index in [1.807, 2.05) is 65.8 Å². The van der Waals surface area contributed by atoms with Crippen molar-refractivity contribution >= 4 is 44.4 Å². The van der Waals surface area contributed by atoms with Crippen LogP contribution in [0.4, 0.5) is 5.69 Å². The van der Waals surface area contributed by atoms with E-state index in [-0.39, 0.29) is 16.6 Å². The van der Waals surface area contributed by atoms with Gasteiger partial charge in [-0.15, -0.1) is 0 Å². The zero-order chi connectivity index (χ0) is 26.9. The smallest absolute Gasteiger partial charge is 0.243 e. The van der Waals surface area contributed by atoms with Gasteiger partial charge in [-0.3, -0.25) is 9.36 Å². The lowest BCUT2D eigenvalue weighted by molar-refractivity contribution is -0.116. The summed E-state index contributed by atoms with van der Waals surface area (Å²) in [5.74, 6) is 0.842. The SMILES string of the molecule is CCN(CC)S(=O)(=O)c1ccc2c(c1)nc(SCC(=O)N1CCc3ccccc31)n2-c1ccccc1OC. The van der Waals surface area contributed by atoms with E-state index < -0.39 is 10.0 Å². The molecule has 1 amide bonds. The molecule has 3 aromatic carbocycles. The molecular weight excluding hydrogens is 520 g/mol. The number of methoxy groups -OCH3 is 1. The van der Waals surface area contributed by atoms with Crippen LogP contribution in [0.2, 0.25) is 0 Å². The normalized spacial score (nSPS) is 13.3. The van der Waals surface area contributed by atoms with E-state index in [2.05, 4.69) is 6.07 Å². The first-order chi connectivity index (χ1) is 18.4. The lowest BCUT2D eigenvalue weighted by Crippen LogP contribution is -2.30. The van der Waals surface area contributed by atoms with Gasteiger partial charge < -0.3 is 9.64 Å². The number of para-hydroxylation sites is 3. The molecule has 0 radical (unpaired) electrons. The number of imidazole rings is 1. The van der Waals surface area contributed by atoms with Crippen molar-refractivity contribution in [3.05, 3.63) is 72.3 Å². The van der Waals surface area contributed by atoms with Crippen LogP contribution in [0, 0.1) is 0 Å². The molecule has 10 heteroatoms. The minimum Gasteiger partial charge on any atom is -0.495 e. The summed E-state index contributed by atoms with van der Waals surface area (Å²) in [5, 5.41) is 0.586. The van der Waals surface area contributed by atoms with E-state index in [9.17, 15) is 13.2 Å². The Labute approximate surface area is 227 Å². The minimum atomic E-state index is -3.65. The average molecular weight is 551 g/mol. The van der Waals surface area contributed by atoms with Crippen molar-refractivity contribution in [1.29, 1.82) is 0 Å². The standard InChI is InChI=1S/C28H30N4O4S2/c1-4-30(5-2)38(34,35)21-14-15-24-22(18-21)29-28(32(24)25-12-8-9-13-26(25)36-3)37-19-27(33)31-17-16-20-10-6-7-11-23(20)31/h6-15,18H,4-5,16-17,19H2,1-3H3. The van der Waals surface area contributed by atoms with Gasteiger partial charge in [0.2, 0.25) is 15.9 Å². The van der Waals surface area contributed by atoms with Gasteiger partial charge in [0.25, 0.3) is 0 Å². The quantitative estimate of drug-likeness (QED) is 0.280. The molecule has 0 saturated carbocycles. The molecular formula is C28H30N4O4S2. The fourth-order valence-electron chi connectivity index (χ4n) is 4.86. The molecule has 2 heterocycles. The summed E-state index contributed by atoms with van der Waals surface area (Å²) < 4.78 is 35.3. The Balaban J connectivity index is 1.54. The van der Waals surface area contributed by atoms with Gasteiger partial charge in [0, 0.05) is 25.3 Å². The molecule has 0 atom stereocenters. The summed E-state index contributed by atoms with van der Waals surface area (Å²) in [5.41, 5.74) is 4.16. The second-order valence-electron chi connectivity index (χ2n) is 8.85. The highest BCUT2D eigenvalue weighted by molar-refractivity contribution is 7.99. The summed E-state index contributed by atoms with van der Waals surface area (Å²) in [6, 6.07) is 20.5.